The van der Waals surface area contributed by atoms with E-state index in [9.17, 15) is 0 Å². The lowest BCUT2D eigenvalue weighted by molar-refractivity contribution is 0.306. The van der Waals surface area contributed by atoms with Crippen molar-refractivity contribution in [2.75, 3.05) is 5.32 Å². The summed E-state index contributed by atoms with van der Waals surface area (Å²) in [6.45, 7) is 1.38. The van der Waals surface area contributed by atoms with Crippen LogP contribution in [0.5, 0.6) is 5.75 Å². The Morgan fingerprint density at radius 3 is 2.15 bits per heavy atom. The zero-order valence-corrected chi connectivity index (χ0v) is 14.6. The topological polar surface area (TPSA) is 21.3 Å². The van der Waals surface area contributed by atoms with Crippen molar-refractivity contribution < 1.29 is 4.74 Å². The van der Waals surface area contributed by atoms with Crippen LogP contribution in [0.25, 0.3) is 10.8 Å². The number of nitrogens with one attached hydrogen (secondary N) is 1. The van der Waals surface area contributed by atoms with Crippen molar-refractivity contribution in [3.8, 4) is 5.75 Å². The van der Waals surface area contributed by atoms with Crippen molar-refractivity contribution in [2.24, 2.45) is 0 Å². The lowest BCUT2D eigenvalue weighted by Crippen LogP contribution is -2.00. The van der Waals surface area contributed by atoms with Crippen molar-refractivity contribution in [1.29, 1.82) is 0 Å². The Balaban J connectivity index is 0.00000210. The molecular formula is C25H25NO. The van der Waals surface area contributed by atoms with Crippen LogP contribution in [0.4, 0.5) is 5.69 Å². The third-order valence-corrected chi connectivity index (χ3v) is 4.44. The molecule has 0 aliphatic rings. The molecule has 0 radical (unpaired) electrons. The minimum absolute atomic E-state index is 0. The van der Waals surface area contributed by atoms with Crippen molar-refractivity contribution in [2.45, 2.75) is 20.6 Å². The van der Waals surface area contributed by atoms with Crippen LogP contribution >= 0.6 is 0 Å². The number of ether oxygens (including phenoxy) is 1. The molecule has 0 heterocycles. The van der Waals surface area contributed by atoms with Gasteiger partial charge in [0.2, 0.25) is 0 Å². The van der Waals surface area contributed by atoms with Crippen molar-refractivity contribution in [3.05, 3.63) is 108 Å². The summed E-state index contributed by atoms with van der Waals surface area (Å²) in [5.74, 6) is 0.891. The summed E-state index contributed by atoms with van der Waals surface area (Å²) in [6.07, 6.45) is 0. The first-order valence-corrected chi connectivity index (χ1v) is 8.86. The van der Waals surface area contributed by atoms with Crippen LogP contribution in [0.15, 0.2) is 97.1 Å². The van der Waals surface area contributed by atoms with Gasteiger partial charge in [0.05, 0.1) is 0 Å². The van der Waals surface area contributed by atoms with Gasteiger partial charge in [-0.3, -0.25) is 0 Å². The van der Waals surface area contributed by atoms with Gasteiger partial charge in [-0.15, -0.1) is 0 Å². The van der Waals surface area contributed by atoms with Crippen LogP contribution < -0.4 is 10.1 Å². The molecule has 0 unspecified atom stereocenters. The number of anilines is 1. The van der Waals surface area contributed by atoms with Gasteiger partial charge in [-0.2, -0.15) is 0 Å². The number of fused-ring (bicyclic) bond motifs is 1. The van der Waals surface area contributed by atoms with E-state index in [0.29, 0.717) is 6.61 Å². The SMILES string of the molecule is C.c1ccc(COc2ccc(CNc3cccc4ccccc34)cc2)cc1. The van der Waals surface area contributed by atoms with Gasteiger partial charge in [-0.25, -0.2) is 0 Å². The minimum atomic E-state index is 0. The molecule has 0 fully saturated rings. The van der Waals surface area contributed by atoms with Crippen LogP contribution in [0.2, 0.25) is 0 Å². The van der Waals surface area contributed by atoms with Gasteiger partial charge in [-0.05, 0) is 34.7 Å². The molecule has 0 aliphatic carbocycles. The van der Waals surface area contributed by atoms with E-state index in [0.717, 1.165) is 18.0 Å². The summed E-state index contributed by atoms with van der Waals surface area (Å²) in [4.78, 5) is 0. The van der Waals surface area contributed by atoms with Crippen molar-refractivity contribution >= 4 is 16.5 Å². The Labute approximate surface area is 161 Å². The first-order valence-electron chi connectivity index (χ1n) is 8.86. The number of rotatable bonds is 6. The number of hydrogen-bond acceptors (Lipinski definition) is 2. The quantitative estimate of drug-likeness (QED) is 0.417. The Hall–Kier alpha value is -3.26. The Kier molecular flexibility index (Phi) is 6.11. The fourth-order valence-electron chi connectivity index (χ4n) is 3.02. The lowest BCUT2D eigenvalue weighted by Gasteiger charge is -2.11. The third-order valence-electron chi connectivity index (χ3n) is 4.44. The molecule has 0 spiro atoms. The second-order valence-corrected chi connectivity index (χ2v) is 6.30. The molecule has 1 N–H and O–H groups in total. The molecule has 0 bridgehead atoms. The molecule has 136 valence electrons. The van der Waals surface area contributed by atoms with E-state index in [4.69, 9.17) is 4.74 Å². The predicted octanol–water partition coefficient (Wildman–Crippen LogP) is 6.67. The zero-order valence-electron chi connectivity index (χ0n) is 14.6. The molecule has 4 aromatic carbocycles. The van der Waals surface area contributed by atoms with E-state index < -0.39 is 0 Å². The highest BCUT2D eigenvalue weighted by Crippen LogP contribution is 2.23. The molecular weight excluding hydrogens is 330 g/mol. The lowest BCUT2D eigenvalue weighted by atomic mass is 10.1. The average molecular weight is 355 g/mol. The van der Waals surface area contributed by atoms with Crippen LogP contribution in [0.3, 0.4) is 0 Å². The molecule has 4 aromatic rings. The second-order valence-electron chi connectivity index (χ2n) is 6.30. The molecule has 2 heteroatoms. The fraction of sp³-hybridized carbons (Fsp3) is 0.120. The summed E-state index contributed by atoms with van der Waals surface area (Å²) >= 11 is 0. The van der Waals surface area contributed by atoms with Crippen LogP contribution in [0, 0.1) is 0 Å². The first-order chi connectivity index (χ1) is 12.9. The zero-order chi connectivity index (χ0) is 17.6. The van der Waals surface area contributed by atoms with Crippen molar-refractivity contribution in [3.63, 3.8) is 0 Å². The molecule has 2 nitrogen and oxygen atoms in total. The summed E-state index contributed by atoms with van der Waals surface area (Å²) in [7, 11) is 0. The van der Waals surface area contributed by atoms with E-state index in [-0.39, 0.29) is 7.43 Å². The Bertz CT molecular complexity index is 972. The molecule has 0 atom stereocenters. The van der Waals surface area contributed by atoms with Gasteiger partial charge < -0.3 is 10.1 Å². The van der Waals surface area contributed by atoms with E-state index >= 15 is 0 Å². The molecule has 0 amide bonds. The minimum Gasteiger partial charge on any atom is -0.489 e. The summed E-state index contributed by atoms with van der Waals surface area (Å²) in [5, 5.41) is 6.04. The molecule has 0 saturated carbocycles. The standard InChI is InChI=1S/C24H21NO.CH4/c1-2-7-20(8-3-1)18-26-22-15-13-19(14-16-22)17-25-24-12-6-10-21-9-4-5-11-23(21)24;/h1-16,25H,17-18H2;1H4. The molecule has 0 saturated heterocycles. The summed E-state index contributed by atoms with van der Waals surface area (Å²) in [6, 6.07) is 33.3. The molecule has 4 rings (SSSR count). The molecule has 27 heavy (non-hydrogen) atoms. The highest BCUT2D eigenvalue weighted by atomic mass is 16.5. The Morgan fingerprint density at radius 2 is 1.33 bits per heavy atom. The van der Waals surface area contributed by atoms with Crippen LogP contribution in [-0.4, -0.2) is 0 Å². The van der Waals surface area contributed by atoms with Gasteiger partial charge >= 0.3 is 0 Å². The monoisotopic (exact) mass is 355 g/mol. The van der Waals surface area contributed by atoms with E-state index in [1.807, 2.05) is 30.3 Å². The van der Waals surface area contributed by atoms with E-state index in [1.54, 1.807) is 0 Å². The first kappa shape index (κ1) is 18.5. The highest BCUT2D eigenvalue weighted by Gasteiger charge is 2.01. The average Bonchev–Trinajstić information content (AvgIpc) is 2.72. The normalized spacial score (nSPS) is 10.2. The molecule has 0 aromatic heterocycles. The highest BCUT2D eigenvalue weighted by molar-refractivity contribution is 5.93. The smallest absolute Gasteiger partial charge is 0.119 e. The van der Waals surface area contributed by atoms with E-state index in [2.05, 4.69) is 72.0 Å². The van der Waals surface area contributed by atoms with Gasteiger partial charge in [0.1, 0.15) is 12.4 Å². The maximum atomic E-state index is 5.85. The number of benzene rings is 4. The van der Waals surface area contributed by atoms with E-state index in [1.165, 1.54) is 21.9 Å². The Morgan fingerprint density at radius 1 is 0.630 bits per heavy atom. The number of hydrogen-bond donors (Lipinski definition) is 1. The fourth-order valence-corrected chi connectivity index (χ4v) is 3.02. The van der Waals surface area contributed by atoms with Gasteiger partial charge in [0.25, 0.3) is 0 Å². The van der Waals surface area contributed by atoms with Crippen molar-refractivity contribution in [1.82, 2.24) is 0 Å². The van der Waals surface area contributed by atoms with Crippen LogP contribution in [-0.2, 0) is 13.2 Å². The molecule has 0 aliphatic heterocycles. The van der Waals surface area contributed by atoms with Crippen LogP contribution in [0.1, 0.15) is 18.6 Å². The largest absolute Gasteiger partial charge is 0.489 e. The van der Waals surface area contributed by atoms with Gasteiger partial charge in [0, 0.05) is 17.6 Å². The maximum Gasteiger partial charge on any atom is 0.119 e. The third kappa shape index (κ3) is 4.68. The van der Waals surface area contributed by atoms with Gasteiger partial charge in [-0.1, -0.05) is 86.3 Å². The maximum absolute atomic E-state index is 5.85. The summed E-state index contributed by atoms with van der Waals surface area (Å²) < 4.78 is 5.85. The summed E-state index contributed by atoms with van der Waals surface area (Å²) in [5.41, 5.74) is 3.56. The predicted molar refractivity (Wildman–Crippen MR) is 115 cm³/mol. The van der Waals surface area contributed by atoms with Gasteiger partial charge in [0.15, 0.2) is 0 Å². The second kappa shape index (κ2) is 8.91.